The van der Waals surface area contributed by atoms with Crippen LogP contribution in [0.25, 0.3) is 0 Å². The van der Waals surface area contributed by atoms with Crippen molar-refractivity contribution in [2.24, 2.45) is 0 Å². The molecule has 0 aliphatic carbocycles. The Morgan fingerprint density at radius 3 is 2.15 bits per heavy atom. The summed E-state index contributed by atoms with van der Waals surface area (Å²) in [4.78, 5) is 24.8. The predicted octanol–water partition coefficient (Wildman–Crippen LogP) is 1.57. The van der Waals surface area contributed by atoms with Crippen molar-refractivity contribution in [3.63, 3.8) is 0 Å². The lowest BCUT2D eigenvalue weighted by molar-refractivity contribution is -0.149. The molecule has 1 heterocycles. The fraction of sp³-hybridized carbons (Fsp3) is 0.222. The lowest BCUT2D eigenvalue weighted by Gasteiger charge is -2.32. The van der Waals surface area contributed by atoms with Crippen LogP contribution in [0.4, 0.5) is 8.78 Å². The van der Waals surface area contributed by atoms with E-state index in [0.29, 0.717) is 16.8 Å². The van der Waals surface area contributed by atoms with Gasteiger partial charge in [-0.15, -0.1) is 0 Å². The van der Waals surface area contributed by atoms with Crippen molar-refractivity contribution < 1.29 is 26.8 Å². The molecular weight excluding hydrogens is 378 g/mol. The molecule has 0 atom stereocenters. The maximum Gasteiger partial charge on any atom is 0.246 e. The third-order valence-electron chi connectivity index (χ3n) is 4.20. The summed E-state index contributed by atoms with van der Waals surface area (Å²) in [6, 6.07) is 11.2. The molecule has 0 unspecified atom stereocenters. The van der Waals surface area contributed by atoms with Crippen molar-refractivity contribution >= 4 is 21.8 Å². The van der Waals surface area contributed by atoms with E-state index in [1.165, 1.54) is 0 Å². The van der Waals surface area contributed by atoms with Crippen molar-refractivity contribution in [2.75, 3.05) is 19.6 Å². The molecule has 0 saturated carbocycles. The Bertz CT molecular complexity index is 962. The van der Waals surface area contributed by atoms with Gasteiger partial charge in [-0.1, -0.05) is 30.3 Å². The standard InChI is InChI=1S/C18H16F2N2O4S/c19-14-6-7-16(15(20)10-14)27(25,26)21-11-17(23)22(18(24)12-21)9-8-13-4-2-1-3-5-13/h1-7,10H,8-9,11-12H2. The minimum atomic E-state index is -4.44. The molecule has 6 nitrogen and oxygen atoms in total. The number of rotatable bonds is 5. The van der Waals surface area contributed by atoms with E-state index in [1.807, 2.05) is 30.3 Å². The molecule has 0 N–H and O–H groups in total. The quantitative estimate of drug-likeness (QED) is 0.722. The Balaban J connectivity index is 1.74. The van der Waals surface area contributed by atoms with Crippen LogP contribution in [0.3, 0.4) is 0 Å². The zero-order valence-corrected chi connectivity index (χ0v) is 15.0. The first-order valence-electron chi connectivity index (χ1n) is 8.11. The Morgan fingerprint density at radius 1 is 0.926 bits per heavy atom. The van der Waals surface area contributed by atoms with Crippen LogP contribution in [0.5, 0.6) is 0 Å². The first kappa shape index (κ1) is 19.1. The van der Waals surface area contributed by atoms with Gasteiger partial charge in [0, 0.05) is 12.6 Å². The number of imide groups is 1. The minimum Gasteiger partial charge on any atom is -0.280 e. The minimum absolute atomic E-state index is 0.125. The van der Waals surface area contributed by atoms with Gasteiger partial charge >= 0.3 is 0 Å². The molecule has 0 aromatic heterocycles. The van der Waals surface area contributed by atoms with E-state index in [4.69, 9.17) is 0 Å². The molecule has 2 aromatic rings. The van der Waals surface area contributed by atoms with Gasteiger partial charge in [-0.2, -0.15) is 4.31 Å². The molecule has 2 aromatic carbocycles. The highest BCUT2D eigenvalue weighted by molar-refractivity contribution is 7.89. The lowest BCUT2D eigenvalue weighted by Crippen LogP contribution is -2.55. The number of sulfonamides is 1. The van der Waals surface area contributed by atoms with E-state index in [2.05, 4.69) is 0 Å². The Labute approximate surface area is 155 Å². The summed E-state index contributed by atoms with van der Waals surface area (Å²) in [5.74, 6) is -3.58. The molecule has 1 fully saturated rings. The van der Waals surface area contributed by atoms with Crippen LogP contribution >= 0.6 is 0 Å². The Hall–Kier alpha value is -2.65. The number of nitrogens with zero attached hydrogens (tertiary/aromatic N) is 2. The number of halogens is 2. The normalized spacial score (nSPS) is 16.0. The number of hydrogen-bond donors (Lipinski definition) is 0. The van der Waals surface area contributed by atoms with E-state index in [-0.39, 0.29) is 6.54 Å². The zero-order valence-electron chi connectivity index (χ0n) is 14.1. The lowest BCUT2D eigenvalue weighted by atomic mass is 10.1. The molecule has 1 aliphatic rings. The third-order valence-corrected chi connectivity index (χ3v) is 6.03. The largest absolute Gasteiger partial charge is 0.280 e. The van der Waals surface area contributed by atoms with Crippen molar-refractivity contribution in [3.8, 4) is 0 Å². The summed E-state index contributed by atoms with van der Waals surface area (Å²) in [6.45, 7) is -1.04. The molecule has 0 bridgehead atoms. The monoisotopic (exact) mass is 394 g/mol. The second kappa shape index (κ2) is 7.53. The molecule has 2 amide bonds. The Morgan fingerprint density at radius 2 is 1.56 bits per heavy atom. The van der Waals surface area contributed by atoms with Crippen molar-refractivity contribution in [1.29, 1.82) is 0 Å². The zero-order chi connectivity index (χ0) is 19.6. The number of carbonyl (C=O) groups excluding carboxylic acids is 2. The summed E-state index contributed by atoms with van der Waals surface area (Å²) in [7, 11) is -4.44. The summed E-state index contributed by atoms with van der Waals surface area (Å²) >= 11 is 0. The van der Waals surface area contributed by atoms with Gasteiger partial charge in [0.05, 0.1) is 13.1 Å². The number of benzene rings is 2. The molecule has 1 saturated heterocycles. The van der Waals surface area contributed by atoms with Crippen LogP contribution in [-0.4, -0.2) is 49.1 Å². The number of carbonyl (C=O) groups is 2. The van der Waals surface area contributed by atoms with E-state index in [1.54, 1.807) is 0 Å². The summed E-state index contributed by atoms with van der Waals surface area (Å²) in [6.07, 6.45) is 0.442. The van der Waals surface area contributed by atoms with Crippen molar-refractivity contribution in [3.05, 3.63) is 65.7 Å². The van der Waals surface area contributed by atoms with E-state index in [0.717, 1.165) is 22.6 Å². The molecule has 142 valence electrons. The number of hydrogen-bond acceptors (Lipinski definition) is 4. The van der Waals surface area contributed by atoms with E-state index in [9.17, 15) is 26.8 Å². The van der Waals surface area contributed by atoms with Gasteiger partial charge in [-0.05, 0) is 24.1 Å². The van der Waals surface area contributed by atoms with Crippen molar-refractivity contribution in [1.82, 2.24) is 9.21 Å². The maximum absolute atomic E-state index is 13.9. The average Bonchev–Trinajstić information content (AvgIpc) is 2.61. The summed E-state index contributed by atoms with van der Waals surface area (Å²) < 4.78 is 52.5. The van der Waals surface area contributed by atoms with Gasteiger partial charge in [-0.25, -0.2) is 17.2 Å². The first-order chi connectivity index (χ1) is 12.8. The van der Waals surface area contributed by atoms with Crippen molar-refractivity contribution in [2.45, 2.75) is 11.3 Å². The van der Waals surface area contributed by atoms with Gasteiger partial charge in [-0.3, -0.25) is 14.5 Å². The summed E-state index contributed by atoms with van der Waals surface area (Å²) in [5, 5.41) is 0. The van der Waals surface area contributed by atoms with Gasteiger partial charge in [0.1, 0.15) is 16.5 Å². The van der Waals surface area contributed by atoms with Gasteiger partial charge in [0.2, 0.25) is 21.8 Å². The van der Waals surface area contributed by atoms with Crippen LogP contribution in [0.1, 0.15) is 5.56 Å². The molecule has 27 heavy (non-hydrogen) atoms. The van der Waals surface area contributed by atoms with Crippen LogP contribution in [0.15, 0.2) is 53.4 Å². The highest BCUT2D eigenvalue weighted by Crippen LogP contribution is 2.22. The highest BCUT2D eigenvalue weighted by atomic mass is 32.2. The SMILES string of the molecule is O=C1CN(S(=O)(=O)c2ccc(F)cc2F)CC(=O)N1CCc1ccccc1. The second-order valence-electron chi connectivity index (χ2n) is 6.02. The fourth-order valence-electron chi connectivity index (χ4n) is 2.80. The van der Waals surface area contributed by atoms with Gasteiger partial charge < -0.3 is 0 Å². The summed E-state index contributed by atoms with van der Waals surface area (Å²) in [5.41, 5.74) is 0.932. The van der Waals surface area contributed by atoms with Crippen LogP contribution in [0.2, 0.25) is 0 Å². The predicted molar refractivity (Wildman–Crippen MR) is 92.0 cm³/mol. The van der Waals surface area contributed by atoms with Gasteiger partial charge in [0.25, 0.3) is 0 Å². The Kier molecular flexibility index (Phi) is 5.33. The molecular formula is C18H16F2N2O4S. The maximum atomic E-state index is 13.9. The number of amides is 2. The van der Waals surface area contributed by atoms with Gasteiger partial charge in [0.15, 0.2) is 0 Å². The van der Waals surface area contributed by atoms with Crippen LogP contribution < -0.4 is 0 Å². The first-order valence-corrected chi connectivity index (χ1v) is 9.55. The topological polar surface area (TPSA) is 74.8 Å². The second-order valence-corrected chi connectivity index (χ2v) is 7.93. The highest BCUT2D eigenvalue weighted by Gasteiger charge is 2.38. The smallest absolute Gasteiger partial charge is 0.246 e. The number of piperazine rings is 1. The molecule has 3 rings (SSSR count). The van der Waals surface area contributed by atoms with E-state index >= 15 is 0 Å². The fourth-order valence-corrected chi connectivity index (χ4v) is 4.18. The van der Waals surface area contributed by atoms with Crippen LogP contribution in [0, 0.1) is 11.6 Å². The molecule has 0 spiro atoms. The average molecular weight is 394 g/mol. The third kappa shape index (κ3) is 4.04. The van der Waals surface area contributed by atoms with E-state index < -0.39 is 51.5 Å². The van der Waals surface area contributed by atoms with Crippen LogP contribution in [-0.2, 0) is 26.0 Å². The molecule has 0 radical (unpaired) electrons. The molecule has 1 aliphatic heterocycles. The molecule has 9 heteroatoms.